The zero-order valence-electron chi connectivity index (χ0n) is 10.2. The number of aromatic nitrogens is 4. The van der Waals surface area contributed by atoms with Crippen molar-refractivity contribution in [2.75, 3.05) is 0 Å². The Kier molecular flexibility index (Phi) is 2.60. The first-order chi connectivity index (χ1) is 8.02. The number of nitriles is 1. The summed E-state index contributed by atoms with van der Waals surface area (Å²) >= 11 is 0. The summed E-state index contributed by atoms with van der Waals surface area (Å²) in [5, 5.41) is 17.4. The van der Waals surface area contributed by atoms with Gasteiger partial charge in [-0.05, 0) is 13.8 Å². The van der Waals surface area contributed by atoms with E-state index in [2.05, 4.69) is 16.3 Å². The van der Waals surface area contributed by atoms with Gasteiger partial charge in [0.1, 0.15) is 11.6 Å². The van der Waals surface area contributed by atoms with Gasteiger partial charge in [0.05, 0.1) is 11.4 Å². The van der Waals surface area contributed by atoms with Crippen molar-refractivity contribution in [2.24, 2.45) is 14.1 Å². The summed E-state index contributed by atoms with van der Waals surface area (Å²) in [5.41, 5.74) is 1.97. The van der Waals surface area contributed by atoms with Gasteiger partial charge in [-0.2, -0.15) is 15.5 Å². The molecule has 0 aliphatic rings. The predicted molar refractivity (Wildman–Crippen MR) is 60.7 cm³/mol. The summed E-state index contributed by atoms with van der Waals surface area (Å²) < 4.78 is 8.86. The van der Waals surface area contributed by atoms with Gasteiger partial charge < -0.3 is 4.74 Å². The summed E-state index contributed by atoms with van der Waals surface area (Å²) in [4.78, 5) is 0. The topological polar surface area (TPSA) is 68.7 Å². The summed E-state index contributed by atoms with van der Waals surface area (Å²) in [6.45, 7) is 3.66. The van der Waals surface area contributed by atoms with Crippen LogP contribution in [0.15, 0.2) is 6.07 Å². The maximum absolute atomic E-state index is 9.06. The molecule has 0 aromatic carbocycles. The number of ether oxygens (including phenoxy) is 1. The average Bonchev–Trinajstić information content (AvgIpc) is 2.69. The highest BCUT2D eigenvalue weighted by Gasteiger charge is 2.16. The molecule has 6 heteroatoms. The van der Waals surface area contributed by atoms with E-state index < -0.39 is 0 Å². The second kappa shape index (κ2) is 3.94. The van der Waals surface area contributed by atoms with Crippen molar-refractivity contribution in [1.82, 2.24) is 19.6 Å². The number of hydrogen-bond acceptors (Lipinski definition) is 4. The predicted octanol–water partition coefficient (Wildman–Crippen LogP) is 1.43. The third-order valence-electron chi connectivity index (χ3n) is 2.44. The standard InChI is InChI=1S/C11H13N5O/c1-7-5-10(15(3)13-7)17-11-9(6-12)8(2)14-16(11)4/h5H,1-4H3. The van der Waals surface area contributed by atoms with Crippen molar-refractivity contribution < 1.29 is 4.74 Å². The van der Waals surface area contributed by atoms with Crippen LogP contribution >= 0.6 is 0 Å². The van der Waals surface area contributed by atoms with E-state index in [1.54, 1.807) is 30.4 Å². The molecule has 0 atom stereocenters. The van der Waals surface area contributed by atoms with E-state index in [9.17, 15) is 0 Å². The van der Waals surface area contributed by atoms with E-state index >= 15 is 0 Å². The van der Waals surface area contributed by atoms with Gasteiger partial charge in [-0.3, -0.25) is 0 Å². The van der Waals surface area contributed by atoms with Crippen molar-refractivity contribution in [3.63, 3.8) is 0 Å². The third kappa shape index (κ3) is 1.87. The number of rotatable bonds is 2. The highest BCUT2D eigenvalue weighted by atomic mass is 16.5. The lowest BCUT2D eigenvalue weighted by atomic mass is 10.3. The summed E-state index contributed by atoms with van der Waals surface area (Å²) in [6.07, 6.45) is 0. The van der Waals surface area contributed by atoms with E-state index in [-0.39, 0.29) is 0 Å². The highest BCUT2D eigenvalue weighted by molar-refractivity contribution is 5.43. The fourth-order valence-corrected chi connectivity index (χ4v) is 1.66. The molecule has 2 aromatic heterocycles. The Hall–Kier alpha value is -2.29. The van der Waals surface area contributed by atoms with Crippen LogP contribution in [0.1, 0.15) is 17.0 Å². The molecule has 2 rings (SSSR count). The quantitative estimate of drug-likeness (QED) is 0.784. The molecule has 0 fully saturated rings. The molecular formula is C11H13N5O. The molecule has 0 aliphatic heterocycles. The maximum Gasteiger partial charge on any atom is 0.237 e. The molecule has 0 saturated carbocycles. The van der Waals surface area contributed by atoms with Gasteiger partial charge in [0, 0.05) is 20.2 Å². The largest absolute Gasteiger partial charge is 0.420 e. The van der Waals surface area contributed by atoms with E-state index in [0.29, 0.717) is 23.0 Å². The Morgan fingerprint density at radius 3 is 2.47 bits per heavy atom. The van der Waals surface area contributed by atoms with Gasteiger partial charge in [0.2, 0.25) is 11.8 Å². The van der Waals surface area contributed by atoms with Gasteiger partial charge in [-0.15, -0.1) is 0 Å². The van der Waals surface area contributed by atoms with Gasteiger partial charge in [0.15, 0.2) is 0 Å². The van der Waals surface area contributed by atoms with Crippen molar-refractivity contribution >= 4 is 0 Å². The molecule has 17 heavy (non-hydrogen) atoms. The normalized spacial score (nSPS) is 10.3. The SMILES string of the molecule is Cc1cc(Oc2c(C#N)c(C)nn2C)n(C)n1. The average molecular weight is 231 g/mol. The zero-order valence-corrected chi connectivity index (χ0v) is 10.2. The maximum atomic E-state index is 9.06. The lowest BCUT2D eigenvalue weighted by molar-refractivity contribution is 0.391. The van der Waals surface area contributed by atoms with Crippen LogP contribution in [0.5, 0.6) is 11.8 Å². The Morgan fingerprint density at radius 2 is 1.94 bits per heavy atom. The van der Waals surface area contributed by atoms with Gasteiger partial charge >= 0.3 is 0 Å². The van der Waals surface area contributed by atoms with E-state index in [1.807, 2.05) is 13.0 Å². The van der Waals surface area contributed by atoms with E-state index in [4.69, 9.17) is 10.00 Å². The third-order valence-corrected chi connectivity index (χ3v) is 2.44. The molecule has 0 saturated heterocycles. The first kappa shape index (κ1) is 11.2. The summed E-state index contributed by atoms with van der Waals surface area (Å²) in [6, 6.07) is 3.90. The molecule has 2 heterocycles. The Bertz CT molecular complexity index is 602. The van der Waals surface area contributed by atoms with Crippen LogP contribution in [0.4, 0.5) is 0 Å². The second-order valence-electron chi connectivity index (χ2n) is 3.85. The highest BCUT2D eigenvalue weighted by Crippen LogP contribution is 2.26. The van der Waals surface area contributed by atoms with Crippen LogP contribution in [0.2, 0.25) is 0 Å². The van der Waals surface area contributed by atoms with Crippen LogP contribution in [-0.4, -0.2) is 19.6 Å². The van der Waals surface area contributed by atoms with Crippen molar-refractivity contribution in [3.05, 3.63) is 23.0 Å². The van der Waals surface area contributed by atoms with Crippen molar-refractivity contribution in [2.45, 2.75) is 13.8 Å². The Morgan fingerprint density at radius 1 is 1.24 bits per heavy atom. The van der Waals surface area contributed by atoms with Crippen molar-refractivity contribution in [1.29, 1.82) is 5.26 Å². The molecule has 0 radical (unpaired) electrons. The Balaban J connectivity index is 2.43. The van der Waals surface area contributed by atoms with Gasteiger partial charge in [-0.25, -0.2) is 9.36 Å². The number of aryl methyl sites for hydroxylation is 4. The molecule has 0 aliphatic carbocycles. The minimum atomic E-state index is 0.438. The fraction of sp³-hybridized carbons (Fsp3) is 0.364. The lowest BCUT2D eigenvalue weighted by Crippen LogP contribution is -2.00. The minimum Gasteiger partial charge on any atom is -0.420 e. The molecule has 0 N–H and O–H groups in total. The van der Waals surface area contributed by atoms with Crippen LogP contribution in [0.25, 0.3) is 0 Å². The first-order valence-corrected chi connectivity index (χ1v) is 5.15. The van der Waals surface area contributed by atoms with Crippen LogP contribution in [0, 0.1) is 25.2 Å². The van der Waals surface area contributed by atoms with E-state index in [0.717, 1.165) is 5.69 Å². The number of nitrogens with zero attached hydrogens (tertiary/aromatic N) is 5. The molecule has 0 bridgehead atoms. The smallest absolute Gasteiger partial charge is 0.237 e. The second-order valence-corrected chi connectivity index (χ2v) is 3.85. The fourth-order valence-electron chi connectivity index (χ4n) is 1.66. The molecule has 0 spiro atoms. The van der Waals surface area contributed by atoms with Crippen LogP contribution in [-0.2, 0) is 14.1 Å². The van der Waals surface area contributed by atoms with Crippen LogP contribution < -0.4 is 4.74 Å². The zero-order chi connectivity index (χ0) is 12.6. The van der Waals surface area contributed by atoms with E-state index in [1.165, 1.54) is 0 Å². The molecule has 2 aromatic rings. The van der Waals surface area contributed by atoms with Gasteiger partial charge in [0.25, 0.3) is 0 Å². The number of hydrogen-bond donors (Lipinski definition) is 0. The molecule has 88 valence electrons. The molecular weight excluding hydrogens is 218 g/mol. The monoisotopic (exact) mass is 231 g/mol. The molecule has 0 unspecified atom stereocenters. The first-order valence-electron chi connectivity index (χ1n) is 5.15. The summed E-state index contributed by atoms with van der Waals surface area (Å²) in [7, 11) is 3.53. The summed E-state index contributed by atoms with van der Waals surface area (Å²) in [5.74, 6) is 1.02. The minimum absolute atomic E-state index is 0.438. The molecule has 6 nitrogen and oxygen atoms in total. The lowest BCUT2D eigenvalue weighted by Gasteiger charge is -2.05. The van der Waals surface area contributed by atoms with Crippen molar-refractivity contribution in [3.8, 4) is 17.8 Å². The van der Waals surface area contributed by atoms with Gasteiger partial charge in [-0.1, -0.05) is 0 Å². The Labute approximate surface area is 99.0 Å². The van der Waals surface area contributed by atoms with Crippen LogP contribution in [0.3, 0.4) is 0 Å². The molecule has 0 amide bonds.